The molecule has 9 heteroatoms. The lowest BCUT2D eigenvalue weighted by Gasteiger charge is -2.20. The molecule has 0 aliphatic carbocycles. The number of carbonyl (C=O) groups is 3. The molecule has 2 aromatic carbocycles. The lowest BCUT2D eigenvalue weighted by atomic mass is 10.0. The minimum Gasteiger partial charge on any atom is -0.457 e. The zero-order valence-corrected chi connectivity index (χ0v) is 23.9. The first kappa shape index (κ1) is 31.0. The van der Waals surface area contributed by atoms with Crippen LogP contribution in [-0.4, -0.2) is 53.1 Å². The number of hydrogen-bond acceptors (Lipinski definition) is 6. The molecule has 4 aromatic rings. The second kappa shape index (κ2) is 15.9. The minimum absolute atomic E-state index is 0.00182. The molecular weight excluding hydrogens is 518 g/mol. The number of pyridine rings is 1. The van der Waals surface area contributed by atoms with Crippen LogP contribution in [0.1, 0.15) is 49.4 Å². The van der Waals surface area contributed by atoms with Gasteiger partial charge in [-0.1, -0.05) is 38.1 Å². The maximum absolute atomic E-state index is 12.5. The van der Waals surface area contributed by atoms with Gasteiger partial charge in [-0.05, 0) is 73.3 Å². The van der Waals surface area contributed by atoms with Gasteiger partial charge in [-0.2, -0.15) is 0 Å². The van der Waals surface area contributed by atoms with Gasteiger partial charge in [-0.25, -0.2) is 0 Å². The molecule has 2 amide bonds. The first-order valence-electron chi connectivity index (χ1n) is 13.7. The monoisotopic (exact) mass is 557 g/mol. The molecule has 41 heavy (non-hydrogen) atoms. The van der Waals surface area contributed by atoms with Crippen LogP contribution in [0.15, 0.2) is 73.1 Å². The number of aldehydes is 1. The number of benzene rings is 2. The summed E-state index contributed by atoms with van der Waals surface area (Å²) < 4.78 is 5.92. The van der Waals surface area contributed by atoms with Crippen molar-refractivity contribution in [3.8, 4) is 11.5 Å². The molecule has 216 valence electrons. The highest BCUT2D eigenvalue weighted by Gasteiger charge is 2.28. The maximum Gasteiger partial charge on any atom is 0.227 e. The van der Waals surface area contributed by atoms with Crippen molar-refractivity contribution in [2.45, 2.75) is 51.6 Å². The van der Waals surface area contributed by atoms with Crippen LogP contribution in [0.5, 0.6) is 11.5 Å². The largest absolute Gasteiger partial charge is 0.457 e. The third-order valence-corrected chi connectivity index (χ3v) is 6.66. The van der Waals surface area contributed by atoms with Gasteiger partial charge in [0.15, 0.2) is 0 Å². The molecule has 1 aliphatic rings. The van der Waals surface area contributed by atoms with E-state index < -0.39 is 0 Å². The Balaban J connectivity index is 0.000000255. The van der Waals surface area contributed by atoms with E-state index in [2.05, 4.69) is 53.1 Å². The molecule has 1 aliphatic heterocycles. The van der Waals surface area contributed by atoms with Crippen LogP contribution in [0.3, 0.4) is 0 Å². The zero-order chi connectivity index (χ0) is 29.6. The van der Waals surface area contributed by atoms with E-state index >= 15 is 0 Å². The lowest BCUT2D eigenvalue weighted by Crippen LogP contribution is -2.37. The van der Waals surface area contributed by atoms with Crippen molar-refractivity contribution in [1.82, 2.24) is 20.2 Å². The zero-order valence-electron chi connectivity index (χ0n) is 23.9. The Morgan fingerprint density at radius 1 is 1.15 bits per heavy atom. The molecule has 0 bridgehead atoms. The SMILES string of the molecule is CC(C)c1ccc(Oc2cccc(CC(=O)N3CCCC3C=O)c2)cc1.CNCc1cc2cnccc2[nH]1.NC=O. The molecule has 1 fully saturated rings. The number of amides is 2. The molecule has 1 atom stereocenters. The van der Waals surface area contributed by atoms with Gasteiger partial charge in [0.25, 0.3) is 0 Å². The Morgan fingerprint density at radius 3 is 2.56 bits per heavy atom. The second-order valence-corrected chi connectivity index (χ2v) is 10.0. The number of carbonyl (C=O) groups excluding carboxylic acids is 3. The van der Waals surface area contributed by atoms with Gasteiger partial charge in [0.1, 0.15) is 17.8 Å². The maximum atomic E-state index is 12.5. The predicted octanol–water partition coefficient (Wildman–Crippen LogP) is 4.72. The Hall–Kier alpha value is -4.50. The average molecular weight is 558 g/mol. The van der Waals surface area contributed by atoms with Gasteiger partial charge < -0.3 is 30.5 Å². The summed E-state index contributed by atoms with van der Waals surface area (Å²) in [6.07, 6.45) is 6.74. The number of nitrogens with two attached hydrogens (primary N) is 1. The second-order valence-electron chi connectivity index (χ2n) is 10.0. The summed E-state index contributed by atoms with van der Waals surface area (Å²) >= 11 is 0. The number of fused-ring (bicyclic) bond motifs is 1. The normalized spacial score (nSPS) is 14.0. The van der Waals surface area contributed by atoms with Crippen molar-refractivity contribution in [3.63, 3.8) is 0 Å². The molecule has 3 heterocycles. The highest BCUT2D eigenvalue weighted by molar-refractivity contribution is 5.82. The Labute approximate surface area is 241 Å². The van der Waals surface area contributed by atoms with Crippen LogP contribution in [0.4, 0.5) is 0 Å². The Morgan fingerprint density at radius 2 is 1.90 bits per heavy atom. The van der Waals surface area contributed by atoms with Crippen LogP contribution < -0.4 is 15.8 Å². The number of likely N-dealkylation sites (tertiary alicyclic amines) is 1. The Bertz CT molecular complexity index is 1370. The quantitative estimate of drug-likeness (QED) is 0.269. The fourth-order valence-corrected chi connectivity index (χ4v) is 4.61. The number of aromatic nitrogens is 2. The van der Waals surface area contributed by atoms with Crippen LogP contribution in [-0.2, 0) is 27.3 Å². The smallest absolute Gasteiger partial charge is 0.227 e. The van der Waals surface area contributed by atoms with Gasteiger partial charge in [-0.3, -0.25) is 14.6 Å². The highest BCUT2D eigenvalue weighted by atomic mass is 16.5. The van der Waals surface area contributed by atoms with E-state index in [0.29, 0.717) is 18.2 Å². The molecule has 1 saturated heterocycles. The Kier molecular flexibility index (Phi) is 12.1. The topological polar surface area (TPSA) is 130 Å². The van der Waals surface area contributed by atoms with Gasteiger partial charge in [0.05, 0.1) is 12.5 Å². The summed E-state index contributed by atoms with van der Waals surface area (Å²) in [7, 11) is 1.93. The fraction of sp³-hybridized carbons (Fsp3) is 0.312. The first-order chi connectivity index (χ1) is 19.9. The number of nitrogens with zero attached hydrogens (tertiary/aromatic N) is 2. The summed E-state index contributed by atoms with van der Waals surface area (Å²) in [4.78, 5) is 41.2. The highest BCUT2D eigenvalue weighted by Crippen LogP contribution is 2.25. The summed E-state index contributed by atoms with van der Waals surface area (Å²) in [5.74, 6) is 1.97. The molecular formula is C32H39N5O4. The van der Waals surface area contributed by atoms with E-state index in [1.807, 2.05) is 55.7 Å². The van der Waals surface area contributed by atoms with Crippen molar-refractivity contribution in [3.05, 3.63) is 89.9 Å². The van der Waals surface area contributed by atoms with Crippen LogP contribution in [0, 0.1) is 0 Å². The van der Waals surface area contributed by atoms with Crippen LogP contribution in [0.25, 0.3) is 10.9 Å². The summed E-state index contributed by atoms with van der Waals surface area (Å²) in [6, 6.07) is 19.5. The third kappa shape index (κ3) is 9.29. The number of H-pyrrole nitrogens is 1. The lowest BCUT2D eigenvalue weighted by molar-refractivity contribution is -0.133. The minimum atomic E-state index is -0.263. The van der Waals surface area contributed by atoms with Gasteiger partial charge in [-0.15, -0.1) is 0 Å². The van der Waals surface area contributed by atoms with Gasteiger partial charge in [0, 0.05) is 42.1 Å². The van der Waals surface area contributed by atoms with E-state index in [1.54, 1.807) is 11.1 Å². The number of rotatable bonds is 8. The molecule has 5 rings (SSSR count). The van der Waals surface area contributed by atoms with E-state index in [0.717, 1.165) is 42.5 Å². The van der Waals surface area contributed by atoms with E-state index in [1.165, 1.54) is 16.6 Å². The van der Waals surface area contributed by atoms with Crippen molar-refractivity contribution >= 4 is 29.5 Å². The van der Waals surface area contributed by atoms with E-state index in [4.69, 9.17) is 9.53 Å². The van der Waals surface area contributed by atoms with E-state index in [9.17, 15) is 9.59 Å². The fourth-order valence-electron chi connectivity index (χ4n) is 4.61. The molecule has 2 aromatic heterocycles. The third-order valence-electron chi connectivity index (χ3n) is 6.66. The number of aromatic amines is 1. The number of ether oxygens (including phenoxy) is 1. The number of nitrogens with one attached hydrogen (secondary N) is 2. The first-order valence-corrected chi connectivity index (χ1v) is 13.7. The average Bonchev–Trinajstić information content (AvgIpc) is 3.61. The molecule has 0 radical (unpaired) electrons. The number of hydrogen-bond donors (Lipinski definition) is 3. The molecule has 0 saturated carbocycles. The standard InChI is InChI=1S/C22H25NO3.C9H11N3.CH3NO/c1-16(2)18-8-10-20(11-9-18)26-21-7-3-5-17(13-21)14-22(25)23-12-4-6-19(23)15-24;1-10-6-8-4-7-5-11-3-2-9(7)12-8;2-1-3/h3,5,7-11,13,15-16,19H,4,6,12,14H2,1-2H3;2-5,10,12H,6H2,1H3;1H,(H2,2,3). The van der Waals surface area contributed by atoms with E-state index in [-0.39, 0.29) is 24.8 Å². The summed E-state index contributed by atoms with van der Waals surface area (Å²) in [6.45, 7) is 5.85. The molecule has 0 spiro atoms. The van der Waals surface area contributed by atoms with Crippen LogP contribution in [0.2, 0.25) is 0 Å². The van der Waals surface area contributed by atoms with Gasteiger partial charge in [0.2, 0.25) is 12.3 Å². The summed E-state index contributed by atoms with van der Waals surface area (Å²) in [5, 5.41) is 4.26. The summed E-state index contributed by atoms with van der Waals surface area (Å²) in [5.41, 5.74) is 8.67. The molecule has 1 unspecified atom stereocenters. The van der Waals surface area contributed by atoms with Crippen molar-refractivity contribution in [2.75, 3.05) is 13.6 Å². The van der Waals surface area contributed by atoms with Crippen molar-refractivity contribution in [2.24, 2.45) is 5.73 Å². The molecule has 4 N–H and O–H groups in total. The van der Waals surface area contributed by atoms with Crippen LogP contribution >= 0.6 is 0 Å². The van der Waals surface area contributed by atoms with Gasteiger partial charge >= 0.3 is 0 Å². The predicted molar refractivity (Wildman–Crippen MR) is 161 cm³/mol. The molecule has 9 nitrogen and oxygen atoms in total. The van der Waals surface area contributed by atoms with Crippen molar-refractivity contribution < 1.29 is 19.1 Å². The number of primary amides is 1. The van der Waals surface area contributed by atoms with Crippen molar-refractivity contribution in [1.29, 1.82) is 0 Å².